The summed E-state index contributed by atoms with van der Waals surface area (Å²) in [6, 6.07) is 15.2. The fourth-order valence-electron chi connectivity index (χ4n) is 3.25. The van der Waals surface area contributed by atoms with Crippen LogP contribution in [0.15, 0.2) is 74.3 Å². The Balaban J connectivity index is 1.69. The van der Waals surface area contributed by atoms with Crippen molar-refractivity contribution < 1.29 is 22.8 Å². The zero-order valence-electron chi connectivity index (χ0n) is 15.6. The summed E-state index contributed by atoms with van der Waals surface area (Å²) in [7, 11) is 0. The van der Waals surface area contributed by atoms with E-state index in [0.717, 1.165) is 22.5 Å². The van der Waals surface area contributed by atoms with E-state index in [9.17, 15) is 4.79 Å². The third-order valence-electron chi connectivity index (χ3n) is 4.46. The Morgan fingerprint density at radius 1 is 0.929 bits per heavy atom. The van der Waals surface area contributed by atoms with Gasteiger partial charge in [-0.15, -0.1) is 0 Å². The number of para-hydroxylation sites is 1. The molecule has 0 unspecified atom stereocenters. The predicted octanol–water partition coefficient (Wildman–Crippen LogP) is 5.00. The minimum absolute atomic E-state index is 0.243. The Hall–Kier alpha value is -3.25. The number of benzene rings is 1. The molecule has 4 rings (SSSR count). The number of rotatable bonds is 8. The lowest BCUT2D eigenvalue weighted by Gasteiger charge is -2.20. The lowest BCUT2D eigenvalue weighted by atomic mass is 10.1. The number of ether oxygens (including phenoxy) is 1. The highest BCUT2D eigenvalue weighted by Gasteiger charge is 2.24. The van der Waals surface area contributed by atoms with Gasteiger partial charge in [-0.3, -0.25) is 4.90 Å². The number of fused-ring (bicyclic) bond motifs is 1. The molecule has 0 amide bonds. The van der Waals surface area contributed by atoms with Gasteiger partial charge in [-0.1, -0.05) is 18.2 Å². The van der Waals surface area contributed by atoms with Crippen LogP contribution in [-0.2, 0) is 24.4 Å². The monoisotopic (exact) mass is 379 g/mol. The van der Waals surface area contributed by atoms with Crippen molar-refractivity contribution in [1.82, 2.24) is 4.90 Å². The molecular weight excluding hydrogens is 358 g/mol. The summed E-state index contributed by atoms with van der Waals surface area (Å²) in [6.07, 6.45) is 3.30. The molecule has 3 heterocycles. The van der Waals surface area contributed by atoms with Crippen molar-refractivity contribution in [3.8, 4) is 0 Å². The first-order valence-corrected chi connectivity index (χ1v) is 9.19. The lowest BCUT2D eigenvalue weighted by Crippen LogP contribution is -2.23. The molecule has 4 aromatic rings. The maximum Gasteiger partial charge on any atom is 0.374 e. The van der Waals surface area contributed by atoms with Gasteiger partial charge < -0.3 is 18.0 Å². The molecule has 0 radical (unpaired) electrons. The van der Waals surface area contributed by atoms with Crippen molar-refractivity contribution in [1.29, 1.82) is 0 Å². The molecule has 0 bridgehead atoms. The van der Waals surface area contributed by atoms with Gasteiger partial charge in [0.2, 0.25) is 5.76 Å². The van der Waals surface area contributed by atoms with E-state index in [1.54, 1.807) is 19.5 Å². The highest BCUT2D eigenvalue weighted by atomic mass is 16.5. The van der Waals surface area contributed by atoms with Crippen LogP contribution < -0.4 is 0 Å². The van der Waals surface area contributed by atoms with Crippen LogP contribution in [0.2, 0.25) is 0 Å². The molecule has 6 nitrogen and oxygen atoms in total. The summed E-state index contributed by atoms with van der Waals surface area (Å²) < 4.78 is 22.1. The second kappa shape index (κ2) is 8.19. The number of carbonyl (C=O) groups excluding carboxylic acids is 1. The van der Waals surface area contributed by atoms with Crippen LogP contribution in [0.5, 0.6) is 0 Å². The maximum absolute atomic E-state index is 12.5. The smallest absolute Gasteiger partial charge is 0.374 e. The first kappa shape index (κ1) is 18.1. The number of furan rings is 3. The molecule has 0 aliphatic rings. The van der Waals surface area contributed by atoms with Gasteiger partial charge in [-0.25, -0.2) is 4.79 Å². The summed E-state index contributed by atoms with van der Waals surface area (Å²) in [5, 5.41) is 0.898. The predicted molar refractivity (Wildman–Crippen MR) is 103 cm³/mol. The topological polar surface area (TPSA) is 69.0 Å². The van der Waals surface area contributed by atoms with Gasteiger partial charge in [0.25, 0.3) is 0 Å². The third-order valence-corrected chi connectivity index (χ3v) is 4.46. The molecule has 1 aromatic carbocycles. The fourth-order valence-corrected chi connectivity index (χ4v) is 3.25. The molecule has 28 heavy (non-hydrogen) atoms. The summed E-state index contributed by atoms with van der Waals surface area (Å²) in [4.78, 5) is 14.6. The van der Waals surface area contributed by atoms with E-state index in [0.29, 0.717) is 25.2 Å². The van der Waals surface area contributed by atoms with Crippen molar-refractivity contribution in [3.63, 3.8) is 0 Å². The van der Waals surface area contributed by atoms with E-state index >= 15 is 0 Å². The zero-order valence-corrected chi connectivity index (χ0v) is 15.6. The van der Waals surface area contributed by atoms with Crippen LogP contribution >= 0.6 is 0 Å². The molecular formula is C22H21NO5. The van der Waals surface area contributed by atoms with E-state index in [-0.39, 0.29) is 12.4 Å². The van der Waals surface area contributed by atoms with Crippen LogP contribution in [0.25, 0.3) is 11.0 Å². The van der Waals surface area contributed by atoms with Gasteiger partial charge in [0.15, 0.2) is 0 Å². The third kappa shape index (κ3) is 3.87. The van der Waals surface area contributed by atoms with Crippen molar-refractivity contribution in [2.45, 2.75) is 26.6 Å². The largest absolute Gasteiger partial charge is 0.468 e. The molecule has 0 atom stereocenters. The van der Waals surface area contributed by atoms with Gasteiger partial charge in [-0.2, -0.15) is 0 Å². The number of carbonyl (C=O) groups is 1. The highest BCUT2D eigenvalue weighted by Crippen LogP contribution is 2.29. The van der Waals surface area contributed by atoms with Crippen LogP contribution in [0.3, 0.4) is 0 Å². The summed E-state index contributed by atoms with van der Waals surface area (Å²) >= 11 is 0. The van der Waals surface area contributed by atoms with Crippen LogP contribution in [0.1, 0.15) is 34.6 Å². The van der Waals surface area contributed by atoms with E-state index in [2.05, 4.69) is 4.90 Å². The van der Waals surface area contributed by atoms with E-state index < -0.39 is 5.97 Å². The van der Waals surface area contributed by atoms with Crippen LogP contribution in [-0.4, -0.2) is 17.5 Å². The number of hydrogen-bond donors (Lipinski definition) is 0. The van der Waals surface area contributed by atoms with Crippen molar-refractivity contribution in [3.05, 3.63) is 83.9 Å². The molecule has 0 fully saturated rings. The molecule has 0 saturated carbocycles. The summed E-state index contributed by atoms with van der Waals surface area (Å²) in [6.45, 7) is 3.68. The van der Waals surface area contributed by atoms with Crippen molar-refractivity contribution in [2.24, 2.45) is 0 Å². The van der Waals surface area contributed by atoms with Crippen molar-refractivity contribution >= 4 is 16.9 Å². The first-order chi connectivity index (χ1) is 13.7. The van der Waals surface area contributed by atoms with E-state index in [4.69, 9.17) is 18.0 Å². The number of hydrogen-bond acceptors (Lipinski definition) is 6. The molecule has 0 aliphatic heterocycles. The minimum atomic E-state index is -0.454. The zero-order chi connectivity index (χ0) is 19.3. The average molecular weight is 379 g/mol. The summed E-state index contributed by atoms with van der Waals surface area (Å²) in [5.74, 6) is 1.45. The fraction of sp³-hybridized carbons (Fsp3) is 0.227. The number of esters is 1. The maximum atomic E-state index is 12.5. The van der Waals surface area contributed by atoms with Gasteiger partial charge in [0.1, 0.15) is 17.1 Å². The van der Waals surface area contributed by atoms with Gasteiger partial charge in [-0.05, 0) is 37.3 Å². The Morgan fingerprint density at radius 3 is 2.21 bits per heavy atom. The second-order valence-electron chi connectivity index (χ2n) is 6.43. The van der Waals surface area contributed by atoms with E-state index in [1.165, 1.54) is 0 Å². The molecule has 144 valence electrons. The Morgan fingerprint density at radius 2 is 1.61 bits per heavy atom. The molecule has 0 N–H and O–H groups in total. The van der Waals surface area contributed by atoms with Gasteiger partial charge in [0, 0.05) is 17.5 Å². The quantitative estimate of drug-likeness (QED) is 0.401. The Bertz CT molecular complexity index is 994. The standard InChI is InChI=1S/C22H21NO5/c1-2-25-22(24)21-19(18-9-3-4-10-20(18)28-21)15-23(13-16-7-5-11-26-16)14-17-8-6-12-27-17/h3-12H,2,13-15H2,1H3. The Kier molecular flexibility index (Phi) is 5.30. The van der Waals surface area contributed by atoms with Crippen molar-refractivity contribution in [2.75, 3.05) is 6.61 Å². The van der Waals surface area contributed by atoms with E-state index in [1.807, 2.05) is 48.5 Å². The SMILES string of the molecule is CCOC(=O)c1oc2ccccc2c1CN(Cc1ccco1)Cc1ccco1. The molecule has 0 aliphatic carbocycles. The molecule has 0 saturated heterocycles. The Labute approximate surface area is 162 Å². The lowest BCUT2D eigenvalue weighted by molar-refractivity contribution is 0.0489. The molecule has 0 spiro atoms. The summed E-state index contributed by atoms with van der Waals surface area (Å²) in [5.41, 5.74) is 1.46. The van der Waals surface area contributed by atoms with Gasteiger partial charge >= 0.3 is 5.97 Å². The van der Waals surface area contributed by atoms with Crippen LogP contribution in [0, 0.1) is 0 Å². The minimum Gasteiger partial charge on any atom is -0.468 e. The number of nitrogens with zero attached hydrogens (tertiary/aromatic N) is 1. The second-order valence-corrected chi connectivity index (χ2v) is 6.43. The van der Waals surface area contributed by atoms with Gasteiger partial charge in [0.05, 0.1) is 32.2 Å². The molecule has 3 aromatic heterocycles. The first-order valence-electron chi connectivity index (χ1n) is 9.19. The normalized spacial score (nSPS) is 11.4. The highest BCUT2D eigenvalue weighted by molar-refractivity contribution is 5.96. The average Bonchev–Trinajstić information content (AvgIpc) is 3.44. The van der Waals surface area contributed by atoms with Crippen LogP contribution in [0.4, 0.5) is 0 Å². The molecule has 6 heteroatoms.